The molecule has 24 heavy (non-hydrogen) atoms. The van der Waals surface area contributed by atoms with Crippen molar-refractivity contribution in [3.8, 4) is 0 Å². The van der Waals surface area contributed by atoms with Gasteiger partial charge in [0.05, 0.1) is 29.7 Å². The fraction of sp³-hybridized carbons (Fsp3) is 0.421. The Morgan fingerprint density at radius 2 is 1.67 bits per heavy atom. The minimum atomic E-state index is -0.510. The van der Waals surface area contributed by atoms with E-state index in [9.17, 15) is 14.4 Å². The summed E-state index contributed by atoms with van der Waals surface area (Å²) in [6, 6.07) is 6.68. The predicted octanol–water partition coefficient (Wildman–Crippen LogP) is 2.56. The number of hydrogen-bond acceptors (Lipinski definition) is 4. The third-order valence-electron chi connectivity index (χ3n) is 5.40. The number of ether oxygens (including phenoxy) is 1. The summed E-state index contributed by atoms with van der Waals surface area (Å²) in [5, 5.41) is 0. The molecule has 0 radical (unpaired) electrons. The van der Waals surface area contributed by atoms with Gasteiger partial charge in [-0.25, -0.2) is 9.69 Å². The second kappa shape index (κ2) is 5.58. The van der Waals surface area contributed by atoms with Crippen LogP contribution in [0.1, 0.15) is 30.1 Å². The number of hydrogen-bond donors (Lipinski definition) is 0. The molecule has 3 aliphatic carbocycles. The van der Waals surface area contributed by atoms with E-state index in [0.717, 1.165) is 12.8 Å². The number of carbonyl (C=O) groups is 3. The van der Waals surface area contributed by atoms with E-state index in [1.165, 1.54) is 4.90 Å². The van der Waals surface area contributed by atoms with Gasteiger partial charge in [0.25, 0.3) is 0 Å². The van der Waals surface area contributed by atoms with Gasteiger partial charge in [0.15, 0.2) is 0 Å². The highest BCUT2D eigenvalue weighted by Gasteiger charge is 2.57. The molecule has 0 spiro atoms. The highest BCUT2D eigenvalue weighted by atomic mass is 16.5. The second-order valence-electron chi connectivity index (χ2n) is 6.59. The Bertz CT molecular complexity index is 721. The molecule has 1 aromatic carbocycles. The van der Waals surface area contributed by atoms with Gasteiger partial charge >= 0.3 is 5.97 Å². The Kier molecular flexibility index (Phi) is 3.52. The first kappa shape index (κ1) is 15.1. The molecule has 4 aliphatic rings. The molecule has 0 aromatic heterocycles. The molecule has 2 amide bonds. The van der Waals surface area contributed by atoms with Crippen LogP contribution in [0, 0.1) is 23.7 Å². The first-order valence-electron chi connectivity index (χ1n) is 8.45. The molecule has 4 atom stereocenters. The summed E-state index contributed by atoms with van der Waals surface area (Å²) in [7, 11) is 0. The largest absolute Gasteiger partial charge is 0.462 e. The lowest BCUT2D eigenvalue weighted by molar-refractivity contribution is -0.124. The fourth-order valence-electron chi connectivity index (χ4n) is 4.36. The number of fused-ring (bicyclic) bond motifs is 1. The second-order valence-corrected chi connectivity index (χ2v) is 6.59. The van der Waals surface area contributed by atoms with Crippen molar-refractivity contribution in [2.75, 3.05) is 11.5 Å². The molecule has 1 aromatic rings. The van der Waals surface area contributed by atoms with Crippen LogP contribution in [0.15, 0.2) is 36.4 Å². The quantitative estimate of drug-likeness (QED) is 0.487. The lowest BCUT2D eigenvalue weighted by Gasteiger charge is -2.38. The first-order chi connectivity index (χ1) is 11.6. The fourth-order valence-corrected chi connectivity index (χ4v) is 4.36. The first-order valence-corrected chi connectivity index (χ1v) is 8.45. The maximum atomic E-state index is 13.0. The zero-order chi connectivity index (χ0) is 16.8. The smallest absolute Gasteiger partial charge is 0.340 e. The van der Waals surface area contributed by atoms with Gasteiger partial charge in [-0.15, -0.1) is 0 Å². The van der Waals surface area contributed by atoms with Crippen LogP contribution < -0.4 is 4.90 Å². The molecule has 124 valence electrons. The van der Waals surface area contributed by atoms with E-state index in [4.69, 9.17) is 4.74 Å². The number of para-hydroxylation sites is 1. The highest BCUT2D eigenvalue weighted by molar-refractivity contribution is 6.24. The molecule has 5 rings (SSSR count). The van der Waals surface area contributed by atoms with E-state index >= 15 is 0 Å². The summed E-state index contributed by atoms with van der Waals surface area (Å²) < 4.78 is 5.07. The Morgan fingerprint density at radius 3 is 2.21 bits per heavy atom. The minimum absolute atomic E-state index is 0.135. The molecule has 5 heteroatoms. The van der Waals surface area contributed by atoms with Crippen molar-refractivity contribution in [3.63, 3.8) is 0 Å². The summed E-state index contributed by atoms with van der Waals surface area (Å²) >= 11 is 0. The highest BCUT2D eigenvalue weighted by Crippen LogP contribution is 2.50. The van der Waals surface area contributed by atoms with Crippen molar-refractivity contribution in [1.82, 2.24) is 0 Å². The number of imide groups is 1. The Hall–Kier alpha value is -2.43. The summed E-state index contributed by atoms with van der Waals surface area (Å²) in [5.41, 5.74) is 0.611. The van der Waals surface area contributed by atoms with Crippen LogP contribution in [-0.4, -0.2) is 24.4 Å². The maximum Gasteiger partial charge on any atom is 0.340 e. The number of carbonyl (C=O) groups excluding carboxylic acids is 3. The third-order valence-corrected chi connectivity index (χ3v) is 5.40. The van der Waals surface area contributed by atoms with Crippen molar-refractivity contribution in [2.24, 2.45) is 23.7 Å². The molecule has 2 fully saturated rings. The molecule has 0 N–H and O–H groups in total. The van der Waals surface area contributed by atoms with Crippen LogP contribution in [0.5, 0.6) is 0 Å². The molecule has 1 saturated heterocycles. The normalized spacial score (nSPS) is 30.6. The molecule has 1 aliphatic heterocycles. The number of nitrogens with zero attached hydrogens (tertiary/aromatic N) is 1. The molecular formula is C19H19NO4. The van der Waals surface area contributed by atoms with Crippen molar-refractivity contribution < 1.29 is 19.1 Å². The van der Waals surface area contributed by atoms with Gasteiger partial charge in [-0.2, -0.15) is 0 Å². The number of anilines is 1. The van der Waals surface area contributed by atoms with E-state index in [1.807, 2.05) is 0 Å². The van der Waals surface area contributed by atoms with Crippen LogP contribution in [0.4, 0.5) is 5.69 Å². The van der Waals surface area contributed by atoms with Crippen LogP contribution in [0.3, 0.4) is 0 Å². The monoisotopic (exact) mass is 325 g/mol. The Labute approximate surface area is 140 Å². The van der Waals surface area contributed by atoms with Crippen LogP contribution in [0.2, 0.25) is 0 Å². The average molecular weight is 325 g/mol. The average Bonchev–Trinajstić information content (AvgIpc) is 2.89. The molecule has 5 nitrogen and oxygen atoms in total. The van der Waals surface area contributed by atoms with Gasteiger partial charge in [-0.1, -0.05) is 24.3 Å². The van der Waals surface area contributed by atoms with Crippen molar-refractivity contribution in [3.05, 3.63) is 42.0 Å². The summed E-state index contributed by atoms with van der Waals surface area (Å²) in [4.78, 5) is 39.4. The maximum absolute atomic E-state index is 13.0. The van der Waals surface area contributed by atoms with Crippen LogP contribution in [0.25, 0.3) is 0 Å². The lowest BCUT2D eigenvalue weighted by atomic mass is 9.63. The van der Waals surface area contributed by atoms with E-state index < -0.39 is 5.97 Å². The molecular weight excluding hydrogens is 306 g/mol. The van der Waals surface area contributed by atoms with E-state index in [0.29, 0.717) is 5.69 Å². The lowest BCUT2D eigenvalue weighted by Crippen LogP contribution is -2.38. The minimum Gasteiger partial charge on any atom is -0.462 e. The number of rotatable bonds is 3. The predicted molar refractivity (Wildman–Crippen MR) is 87.2 cm³/mol. The number of amides is 2. The Morgan fingerprint density at radius 1 is 1.08 bits per heavy atom. The van der Waals surface area contributed by atoms with Gasteiger partial charge in [0.2, 0.25) is 11.8 Å². The van der Waals surface area contributed by atoms with Crippen molar-refractivity contribution >= 4 is 23.5 Å². The van der Waals surface area contributed by atoms with Gasteiger partial charge in [-0.3, -0.25) is 9.59 Å². The van der Waals surface area contributed by atoms with Crippen LogP contribution in [-0.2, 0) is 14.3 Å². The molecule has 1 heterocycles. The summed E-state index contributed by atoms with van der Waals surface area (Å²) in [6.45, 7) is 1.97. The number of benzene rings is 1. The van der Waals surface area contributed by atoms with Gasteiger partial charge in [-0.05, 0) is 43.7 Å². The summed E-state index contributed by atoms with van der Waals surface area (Å²) in [6.07, 6.45) is 6.08. The molecule has 1 saturated carbocycles. The van der Waals surface area contributed by atoms with Crippen molar-refractivity contribution in [2.45, 2.75) is 19.8 Å². The van der Waals surface area contributed by atoms with E-state index in [-0.39, 0.29) is 47.7 Å². The zero-order valence-electron chi connectivity index (χ0n) is 13.5. The topological polar surface area (TPSA) is 63.7 Å². The number of esters is 1. The van der Waals surface area contributed by atoms with Gasteiger partial charge in [0, 0.05) is 0 Å². The molecule has 0 unspecified atom stereocenters. The van der Waals surface area contributed by atoms with E-state index in [2.05, 4.69) is 12.2 Å². The standard InChI is InChI=1S/C19H19NO4/c1-2-24-19(23)13-5-3-4-6-14(13)20-17(21)15-11-7-8-12(10-9-11)16(15)18(20)22/h3-8,11-12,15-16H,2,9-10H2,1H3/t11-,12+,15-,16-/m0/s1. The van der Waals surface area contributed by atoms with Crippen LogP contribution >= 0.6 is 0 Å². The van der Waals surface area contributed by atoms with Crippen molar-refractivity contribution in [1.29, 1.82) is 0 Å². The Balaban J connectivity index is 1.75. The zero-order valence-corrected chi connectivity index (χ0v) is 13.5. The van der Waals surface area contributed by atoms with E-state index in [1.54, 1.807) is 31.2 Å². The van der Waals surface area contributed by atoms with Gasteiger partial charge < -0.3 is 4.74 Å². The summed E-state index contributed by atoms with van der Waals surface area (Å²) in [5.74, 6) is -1.16. The third kappa shape index (κ3) is 2.04. The SMILES string of the molecule is CCOC(=O)c1ccccc1N1C(=O)[C@@H]2[C@@H](C1=O)[C@H]1C=C[C@@H]2CC1. The number of allylic oxidation sites excluding steroid dienone is 2. The molecule has 2 bridgehead atoms. The van der Waals surface area contributed by atoms with Gasteiger partial charge in [0.1, 0.15) is 0 Å².